The van der Waals surface area contributed by atoms with Crippen molar-refractivity contribution < 1.29 is 0 Å². The van der Waals surface area contributed by atoms with Crippen molar-refractivity contribution in [3.05, 3.63) is 24.2 Å². The molecule has 0 unspecified atom stereocenters. The van der Waals surface area contributed by atoms with E-state index in [4.69, 9.17) is 5.73 Å². The number of nitrogens with two attached hydrogens (primary N) is 1. The van der Waals surface area contributed by atoms with Gasteiger partial charge in [0.2, 0.25) is 5.95 Å². The van der Waals surface area contributed by atoms with Crippen molar-refractivity contribution in [2.75, 3.05) is 5.73 Å². The van der Waals surface area contributed by atoms with Gasteiger partial charge in [-0.15, -0.1) is 10.2 Å². The third-order valence-electron chi connectivity index (χ3n) is 1.52. The molecule has 0 aromatic carbocycles. The van der Waals surface area contributed by atoms with E-state index in [-0.39, 0.29) is 5.95 Å². The van der Waals surface area contributed by atoms with E-state index >= 15 is 0 Å². The normalized spacial score (nSPS) is 10.2. The number of aryl methyl sites for hydroxylation is 1. The number of nitrogens with zero attached hydrogens (tertiary/aromatic N) is 5. The van der Waals surface area contributed by atoms with Gasteiger partial charge in [0.15, 0.2) is 5.82 Å². The first-order valence-corrected chi connectivity index (χ1v) is 3.72. The molecule has 66 valence electrons. The van der Waals surface area contributed by atoms with Crippen molar-refractivity contribution in [2.24, 2.45) is 0 Å². The SMILES string of the molecule is Cc1cnnc(-n2cnc(N)n2)c1. The number of aromatic nitrogens is 5. The minimum absolute atomic E-state index is 0.225. The van der Waals surface area contributed by atoms with Gasteiger partial charge in [0.25, 0.3) is 0 Å². The van der Waals surface area contributed by atoms with Gasteiger partial charge >= 0.3 is 0 Å². The van der Waals surface area contributed by atoms with Crippen LogP contribution in [0.4, 0.5) is 5.95 Å². The first-order valence-electron chi connectivity index (χ1n) is 3.72. The van der Waals surface area contributed by atoms with Crippen LogP contribution in [0.15, 0.2) is 18.6 Å². The lowest BCUT2D eigenvalue weighted by Gasteiger charge is -1.97. The molecule has 6 nitrogen and oxygen atoms in total. The summed E-state index contributed by atoms with van der Waals surface area (Å²) in [6.07, 6.45) is 3.17. The van der Waals surface area contributed by atoms with Crippen LogP contribution in [0.3, 0.4) is 0 Å². The monoisotopic (exact) mass is 176 g/mol. The van der Waals surface area contributed by atoms with E-state index < -0.39 is 0 Å². The molecule has 0 saturated carbocycles. The fraction of sp³-hybridized carbons (Fsp3) is 0.143. The summed E-state index contributed by atoms with van der Waals surface area (Å²) in [4.78, 5) is 3.78. The second-order valence-corrected chi connectivity index (χ2v) is 2.64. The lowest BCUT2D eigenvalue weighted by Crippen LogP contribution is -2.00. The standard InChI is InChI=1S/C7H8N6/c1-5-2-6(11-10-3-5)13-4-9-7(8)12-13/h2-4H,1H3,(H2,8,12). The van der Waals surface area contributed by atoms with Crippen molar-refractivity contribution in [2.45, 2.75) is 6.92 Å². The van der Waals surface area contributed by atoms with Crippen LogP contribution in [-0.2, 0) is 0 Å². The molecule has 2 rings (SSSR count). The Morgan fingerprint density at radius 3 is 2.92 bits per heavy atom. The third kappa shape index (κ3) is 1.46. The van der Waals surface area contributed by atoms with E-state index in [2.05, 4.69) is 20.3 Å². The minimum atomic E-state index is 0.225. The van der Waals surface area contributed by atoms with Crippen LogP contribution >= 0.6 is 0 Å². The molecule has 2 aromatic heterocycles. The first-order chi connectivity index (χ1) is 6.25. The van der Waals surface area contributed by atoms with Gasteiger partial charge in [0.1, 0.15) is 6.33 Å². The Hall–Kier alpha value is -1.98. The maximum atomic E-state index is 5.36. The highest BCUT2D eigenvalue weighted by Gasteiger charge is 2.00. The number of nitrogen functional groups attached to an aromatic ring is 1. The Morgan fingerprint density at radius 1 is 1.46 bits per heavy atom. The Balaban J connectivity index is 2.46. The Kier molecular flexibility index (Phi) is 1.66. The zero-order chi connectivity index (χ0) is 9.26. The van der Waals surface area contributed by atoms with Gasteiger partial charge in [0, 0.05) is 0 Å². The fourth-order valence-electron chi connectivity index (χ4n) is 0.947. The lowest BCUT2D eigenvalue weighted by atomic mass is 10.3. The predicted octanol–water partition coefficient (Wildman–Crippen LogP) is -0.0521. The summed E-state index contributed by atoms with van der Waals surface area (Å²) in [5.74, 6) is 0.840. The molecule has 0 atom stereocenters. The van der Waals surface area contributed by atoms with Crippen molar-refractivity contribution in [1.82, 2.24) is 25.0 Å². The zero-order valence-corrected chi connectivity index (χ0v) is 7.05. The van der Waals surface area contributed by atoms with E-state index in [1.807, 2.05) is 13.0 Å². The summed E-state index contributed by atoms with van der Waals surface area (Å²) in [6, 6.07) is 1.85. The van der Waals surface area contributed by atoms with Gasteiger partial charge < -0.3 is 5.73 Å². The highest BCUT2D eigenvalue weighted by atomic mass is 15.4. The maximum Gasteiger partial charge on any atom is 0.239 e. The summed E-state index contributed by atoms with van der Waals surface area (Å²) in [5, 5.41) is 11.6. The zero-order valence-electron chi connectivity index (χ0n) is 7.05. The van der Waals surface area contributed by atoms with E-state index in [0.29, 0.717) is 5.82 Å². The van der Waals surface area contributed by atoms with Crippen molar-refractivity contribution >= 4 is 5.95 Å². The van der Waals surface area contributed by atoms with Crippen LogP contribution in [0.5, 0.6) is 0 Å². The molecule has 0 aliphatic carbocycles. The van der Waals surface area contributed by atoms with E-state index in [9.17, 15) is 0 Å². The second-order valence-electron chi connectivity index (χ2n) is 2.64. The molecule has 2 aromatic rings. The molecule has 0 aliphatic heterocycles. The number of hydrogen-bond acceptors (Lipinski definition) is 5. The molecule has 2 heterocycles. The van der Waals surface area contributed by atoms with Gasteiger partial charge in [-0.1, -0.05) is 0 Å². The molecule has 0 bridgehead atoms. The first kappa shape index (κ1) is 7.66. The molecule has 0 fully saturated rings. The molecule has 0 spiro atoms. The molecule has 0 radical (unpaired) electrons. The molecular formula is C7H8N6. The molecule has 6 heteroatoms. The Bertz CT molecular complexity index is 420. The van der Waals surface area contributed by atoms with E-state index in [1.165, 1.54) is 11.0 Å². The lowest BCUT2D eigenvalue weighted by molar-refractivity contribution is 0.812. The van der Waals surface area contributed by atoms with Crippen molar-refractivity contribution in [3.8, 4) is 5.82 Å². The Morgan fingerprint density at radius 2 is 2.31 bits per heavy atom. The van der Waals surface area contributed by atoms with E-state index in [1.54, 1.807) is 6.20 Å². The summed E-state index contributed by atoms with van der Waals surface area (Å²) < 4.78 is 1.48. The van der Waals surface area contributed by atoms with Crippen LogP contribution in [-0.4, -0.2) is 25.0 Å². The quantitative estimate of drug-likeness (QED) is 0.658. The molecule has 0 amide bonds. The van der Waals surface area contributed by atoms with Gasteiger partial charge in [-0.25, -0.2) is 4.98 Å². The molecule has 2 N–H and O–H groups in total. The highest BCUT2D eigenvalue weighted by Crippen LogP contribution is 2.03. The Labute approximate surface area is 74.4 Å². The van der Waals surface area contributed by atoms with Gasteiger partial charge in [-0.3, -0.25) is 0 Å². The maximum absolute atomic E-state index is 5.36. The summed E-state index contributed by atoms with van der Waals surface area (Å²) in [5.41, 5.74) is 6.38. The van der Waals surface area contributed by atoms with Crippen LogP contribution in [0.1, 0.15) is 5.56 Å². The summed E-state index contributed by atoms with van der Waals surface area (Å²) >= 11 is 0. The summed E-state index contributed by atoms with van der Waals surface area (Å²) in [7, 11) is 0. The summed E-state index contributed by atoms with van der Waals surface area (Å²) in [6.45, 7) is 1.93. The van der Waals surface area contributed by atoms with Crippen LogP contribution in [0, 0.1) is 6.92 Å². The minimum Gasteiger partial charge on any atom is -0.366 e. The van der Waals surface area contributed by atoms with Crippen molar-refractivity contribution in [1.29, 1.82) is 0 Å². The number of rotatable bonds is 1. The molecular weight excluding hydrogens is 168 g/mol. The van der Waals surface area contributed by atoms with Gasteiger partial charge in [-0.05, 0) is 18.6 Å². The van der Waals surface area contributed by atoms with Crippen LogP contribution in [0.2, 0.25) is 0 Å². The van der Waals surface area contributed by atoms with Crippen LogP contribution < -0.4 is 5.73 Å². The number of hydrogen-bond donors (Lipinski definition) is 1. The number of anilines is 1. The smallest absolute Gasteiger partial charge is 0.239 e. The van der Waals surface area contributed by atoms with Crippen molar-refractivity contribution in [3.63, 3.8) is 0 Å². The molecule has 13 heavy (non-hydrogen) atoms. The average Bonchev–Trinajstić information content (AvgIpc) is 2.52. The average molecular weight is 176 g/mol. The topological polar surface area (TPSA) is 82.5 Å². The third-order valence-corrected chi connectivity index (χ3v) is 1.52. The largest absolute Gasteiger partial charge is 0.366 e. The van der Waals surface area contributed by atoms with Gasteiger partial charge in [0.05, 0.1) is 6.20 Å². The molecule has 0 aliphatic rings. The van der Waals surface area contributed by atoms with Crippen LogP contribution in [0.25, 0.3) is 5.82 Å². The predicted molar refractivity (Wildman–Crippen MR) is 46.1 cm³/mol. The van der Waals surface area contributed by atoms with E-state index in [0.717, 1.165) is 5.56 Å². The molecule has 0 saturated heterocycles. The highest BCUT2D eigenvalue weighted by molar-refractivity contribution is 5.24. The fourth-order valence-corrected chi connectivity index (χ4v) is 0.947. The van der Waals surface area contributed by atoms with Gasteiger partial charge in [-0.2, -0.15) is 9.78 Å². The second kappa shape index (κ2) is 2.81.